The molecule has 1 aliphatic rings. The summed E-state index contributed by atoms with van der Waals surface area (Å²) in [6.45, 7) is 8.39. The lowest BCUT2D eigenvalue weighted by Gasteiger charge is -2.29. The summed E-state index contributed by atoms with van der Waals surface area (Å²) in [6.07, 6.45) is 4.45. The third-order valence-corrected chi connectivity index (χ3v) is 4.65. The van der Waals surface area contributed by atoms with Crippen LogP contribution in [0.25, 0.3) is 0 Å². The van der Waals surface area contributed by atoms with Crippen LogP contribution in [-0.4, -0.2) is 65.7 Å². The summed E-state index contributed by atoms with van der Waals surface area (Å²) in [5.74, 6) is -0.879. The average molecular weight is 285 g/mol. The van der Waals surface area contributed by atoms with Crippen LogP contribution in [0.5, 0.6) is 0 Å². The van der Waals surface area contributed by atoms with E-state index in [-0.39, 0.29) is 0 Å². The molecule has 5 nitrogen and oxygen atoms in total. The molecule has 118 valence electrons. The summed E-state index contributed by atoms with van der Waals surface area (Å²) in [4.78, 5) is 16.0. The first-order valence-electron chi connectivity index (χ1n) is 7.87. The van der Waals surface area contributed by atoms with Crippen molar-refractivity contribution in [3.8, 4) is 0 Å². The molecule has 0 spiro atoms. The van der Waals surface area contributed by atoms with Crippen molar-refractivity contribution in [2.45, 2.75) is 57.5 Å². The normalized spacial score (nSPS) is 23.1. The van der Waals surface area contributed by atoms with Gasteiger partial charge in [-0.25, -0.2) is 0 Å². The Morgan fingerprint density at radius 3 is 2.75 bits per heavy atom. The van der Waals surface area contributed by atoms with Gasteiger partial charge in [-0.05, 0) is 58.8 Å². The van der Waals surface area contributed by atoms with Crippen LogP contribution in [0.1, 0.15) is 46.0 Å². The Labute approximate surface area is 123 Å². The Kier molecular flexibility index (Phi) is 6.92. The predicted octanol–water partition coefficient (Wildman–Crippen LogP) is 1.37. The van der Waals surface area contributed by atoms with Crippen LogP contribution >= 0.6 is 0 Å². The van der Waals surface area contributed by atoms with E-state index in [2.05, 4.69) is 23.8 Å². The largest absolute Gasteiger partial charge is 0.480 e. The highest BCUT2D eigenvalue weighted by Gasteiger charge is 2.31. The third kappa shape index (κ3) is 4.72. The molecule has 0 aromatic rings. The van der Waals surface area contributed by atoms with Crippen molar-refractivity contribution in [3.05, 3.63) is 0 Å². The van der Waals surface area contributed by atoms with Gasteiger partial charge in [0.2, 0.25) is 0 Å². The smallest absolute Gasteiger partial charge is 0.323 e. The first kappa shape index (κ1) is 17.4. The molecular weight excluding hydrogens is 254 g/mol. The molecule has 0 saturated carbocycles. The first-order chi connectivity index (χ1) is 9.42. The summed E-state index contributed by atoms with van der Waals surface area (Å²) >= 11 is 0. The van der Waals surface area contributed by atoms with Gasteiger partial charge in [0.15, 0.2) is 0 Å². The van der Waals surface area contributed by atoms with Crippen LogP contribution in [0.4, 0.5) is 0 Å². The second-order valence-electron chi connectivity index (χ2n) is 6.11. The molecule has 2 unspecified atom stereocenters. The number of likely N-dealkylation sites (tertiary alicyclic amines) is 1. The fourth-order valence-electron chi connectivity index (χ4n) is 3.07. The number of nitrogens with zero attached hydrogens (tertiary/aromatic N) is 2. The Bertz CT molecular complexity index is 311. The zero-order valence-electron chi connectivity index (χ0n) is 13.3. The summed E-state index contributed by atoms with van der Waals surface area (Å²) in [5.41, 5.74) is 4.86. The van der Waals surface area contributed by atoms with Crippen molar-refractivity contribution < 1.29 is 9.90 Å². The zero-order chi connectivity index (χ0) is 15.2. The zero-order valence-corrected chi connectivity index (χ0v) is 13.3. The van der Waals surface area contributed by atoms with Gasteiger partial charge in [0.05, 0.1) is 0 Å². The van der Waals surface area contributed by atoms with Crippen LogP contribution in [0.3, 0.4) is 0 Å². The molecule has 2 atom stereocenters. The highest BCUT2D eigenvalue weighted by atomic mass is 16.4. The number of likely N-dealkylation sites (N-methyl/N-ethyl adjacent to an activating group) is 2. The Morgan fingerprint density at radius 2 is 2.20 bits per heavy atom. The summed E-state index contributed by atoms with van der Waals surface area (Å²) in [5, 5.41) is 9.15. The average Bonchev–Trinajstić information content (AvgIpc) is 2.85. The predicted molar refractivity (Wildman–Crippen MR) is 81.8 cm³/mol. The molecule has 0 aromatic heterocycles. The van der Waals surface area contributed by atoms with E-state index in [1.54, 1.807) is 0 Å². The molecule has 1 saturated heterocycles. The maximum atomic E-state index is 11.1. The molecule has 1 aliphatic heterocycles. The van der Waals surface area contributed by atoms with E-state index in [9.17, 15) is 4.79 Å². The molecular formula is C15H31N3O2. The van der Waals surface area contributed by atoms with Gasteiger partial charge in [-0.15, -0.1) is 0 Å². The van der Waals surface area contributed by atoms with Crippen molar-refractivity contribution >= 4 is 5.97 Å². The lowest BCUT2D eigenvalue weighted by atomic mass is 9.92. The van der Waals surface area contributed by atoms with E-state index in [0.717, 1.165) is 26.1 Å². The number of rotatable bonds is 9. The van der Waals surface area contributed by atoms with Gasteiger partial charge in [-0.1, -0.05) is 13.8 Å². The van der Waals surface area contributed by atoms with Gasteiger partial charge in [0, 0.05) is 12.6 Å². The fraction of sp³-hybridized carbons (Fsp3) is 0.933. The van der Waals surface area contributed by atoms with Crippen LogP contribution in [0.15, 0.2) is 0 Å². The minimum absolute atomic E-state index is 0.484. The number of aliphatic carboxylic acids is 1. The maximum absolute atomic E-state index is 11.1. The number of hydrogen-bond donors (Lipinski definition) is 2. The maximum Gasteiger partial charge on any atom is 0.323 e. The Balaban J connectivity index is 2.29. The SMILES string of the molecule is CCN1CCCC1CN(C)CCCC(N)(CC)C(=O)O. The molecule has 0 amide bonds. The van der Waals surface area contributed by atoms with Gasteiger partial charge >= 0.3 is 5.97 Å². The van der Waals surface area contributed by atoms with Crippen LogP contribution in [-0.2, 0) is 4.79 Å². The minimum atomic E-state index is -1.05. The van der Waals surface area contributed by atoms with Crippen LogP contribution in [0, 0.1) is 0 Å². The standard InChI is InChI=1S/C15H31N3O2/c1-4-15(16,14(19)20)9-7-10-17(3)12-13-8-6-11-18(13)5-2/h13H,4-12,16H2,1-3H3,(H,19,20). The second kappa shape index (κ2) is 7.96. The van der Waals surface area contributed by atoms with Gasteiger partial charge in [-0.3, -0.25) is 9.69 Å². The first-order valence-corrected chi connectivity index (χ1v) is 7.87. The molecule has 1 fully saturated rings. The van der Waals surface area contributed by atoms with Gasteiger partial charge in [0.1, 0.15) is 5.54 Å². The van der Waals surface area contributed by atoms with E-state index < -0.39 is 11.5 Å². The fourth-order valence-corrected chi connectivity index (χ4v) is 3.07. The van der Waals surface area contributed by atoms with E-state index in [1.165, 1.54) is 19.4 Å². The number of carbonyl (C=O) groups is 1. The number of hydrogen-bond acceptors (Lipinski definition) is 4. The molecule has 1 rings (SSSR count). The van der Waals surface area contributed by atoms with Gasteiger partial charge < -0.3 is 15.7 Å². The topological polar surface area (TPSA) is 69.8 Å². The minimum Gasteiger partial charge on any atom is -0.480 e. The van der Waals surface area contributed by atoms with Crippen molar-refractivity contribution in [2.24, 2.45) is 5.73 Å². The number of carboxylic acid groups (broad SMARTS) is 1. The molecule has 20 heavy (non-hydrogen) atoms. The summed E-state index contributed by atoms with van der Waals surface area (Å²) in [7, 11) is 2.12. The quantitative estimate of drug-likeness (QED) is 0.670. The number of nitrogens with two attached hydrogens (primary N) is 1. The van der Waals surface area contributed by atoms with Crippen molar-refractivity contribution in [1.29, 1.82) is 0 Å². The molecule has 1 heterocycles. The van der Waals surface area contributed by atoms with Gasteiger partial charge in [-0.2, -0.15) is 0 Å². The third-order valence-electron chi connectivity index (χ3n) is 4.65. The highest BCUT2D eigenvalue weighted by molar-refractivity contribution is 5.78. The second-order valence-corrected chi connectivity index (χ2v) is 6.11. The number of carboxylic acids is 1. The summed E-state index contributed by atoms with van der Waals surface area (Å²) < 4.78 is 0. The molecule has 0 aromatic carbocycles. The molecule has 5 heteroatoms. The van der Waals surface area contributed by atoms with Crippen molar-refractivity contribution in [1.82, 2.24) is 9.80 Å². The lowest BCUT2D eigenvalue weighted by Crippen LogP contribution is -2.48. The Morgan fingerprint density at radius 1 is 1.50 bits per heavy atom. The van der Waals surface area contributed by atoms with Crippen LogP contribution in [0.2, 0.25) is 0 Å². The van der Waals surface area contributed by atoms with Gasteiger partial charge in [0.25, 0.3) is 0 Å². The lowest BCUT2D eigenvalue weighted by molar-refractivity contribution is -0.143. The molecule has 3 N–H and O–H groups in total. The molecule has 0 bridgehead atoms. The molecule has 0 aliphatic carbocycles. The van der Waals surface area contributed by atoms with E-state index >= 15 is 0 Å². The molecule has 0 radical (unpaired) electrons. The van der Waals surface area contributed by atoms with E-state index in [1.807, 2.05) is 6.92 Å². The van der Waals surface area contributed by atoms with E-state index in [0.29, 0.717) is 18.9 Å². The highest BCUT2D eigenvalue weighted by Crippen LogP contribution is 2.18. The van der Waals surface area contributed by atoms with Crippen LogP contribution < -0.4 is 5.73 Å². The van der Waals surface area contributed by atoms with Crippen molar-refractivity contribution in [2.75, 3.05) is 33.2 Å². The monoisotopic (exact) mass is 285 g/mol. The van der Waals surface area contributed by atoms with E-state index in [4.69, 9.17) is 10.8 Å². The summed E-state index contributed by atoms with van der Waals surface area (Å²) in [6, 6.07) is 0.665. The van der Waals surface area contributed by atoms with Crippen molar-refractivity contribution in [3.63, 3.8) is 0 Å². The Hall–Kier alpha value is -0.650.